The molecule has 192 valence electrons. The molecule has 1 aliphatic rings. The largest absolute Gasteiger partial charge is 0.465 e. The third-order valence-electron chi connectivity index (χ3n) is 6.30. The zero-order valence-corrected chi connectivity index (χ0v) is 21.6. The summed E-state index contributed by atoms with van der Waals surface area (Å²) in [6, 6.07) is 16.1. The van der Waals surface area contributed by atoms with Gasteiger partial charge in [-0.25, -0.2) is 9.59 Å². The number of hydrogen-bond donors (Lipinski definition) is 0. The van der Waals surface area contributed by atoms with Gasteiger partial charge in [0.05, 0.1) is 12.5 Å². The molecule has 0 radical (unpaired) electrons. The maximum atomic E-state index is 11.8. The molecule has 1 saturated carbocycles. The summed E-state index contributed by atoms with van der Waals surface area (Å²) >= 11 is 0. The van der Waals surface area contributed by atoms with Crippen LogP contribution >= 0.6 is 0 Å². The first-order valence-corrected chi connectivity index (χ1v) is 12.4. The van der Waals surface area contributed by atoms with Gasteiger partial charge in [0.15, 0.2) is 0 Å². The van der Waals surface area contributed by atoms with Gasteiger partial charge in [-0.3, -0.25) is 0 Å². The molecule has 0 amide bonds. The van der Waals surface area contributed by atoms with Crippen LogP contribution in [-0.2, 0) is 19.7 Å². The first-order valence-electron chi connectivity index (χ1n) is 12.4. The smallest absolute Gasteiger partial charge is 0.338 e. The molecule has 0 aliphatic heterocycles. The van der Waals surface area contributed by atoms with Crippen LogP contribution < -0.4 is 9.47 Å². The Labute approximate surface area is 219 Å². The summed E-state index contributed by atoms with van der Waals surface area (Å²) < 4.78 is 16.0. The predicted molar refractivity (Wildman–Crippen MR) is 146 cm³/mol. The van der Waals surface area contributed by atoms with Gasteiger partial charge in [0.2, 0.25) is 0 Å². The summed E-state index contributed by atoms with van der Waals surface area (Å²) in [5, 5.41) is 0. The lowest BCUT2D eigenvalue weighted by molar-refractivity contribution is -0.133. The van der Waals surface area contributed by atoms with E-state index in [4.69, 9.17) is 14.2 Å². The molecule has 3 rings (SSSR count). The highest BCUT2D eigenvalue weighted by atomic mass is 16.5. The fourth-order valence-electron chi connectivity index (χ4n) is 4.33. The summed E-state index contributed by atoms with van der Waals surface area (Å²) in [5.41, 5.74) is 3.13. The molecule has 0 N–H and O–H groups in total. The average Bonchev–Trinajstić information content (AvgIpc) is 2.91. The Morgan fingerprint density at radius 3 is 1.76 bits per heavy atom. The van der Waals surface area contributed by atoms with E-state index in [-0.39, 0.29) is 5.41 Å². The number of carbonyl (C=O) groups excluding carboxylic acids is 2. The molecule has 5 heteroatoms. The average molecular weight is 499 g/mol. The highest BCUT2D eigenvalue weighted by Crippen LogP contribution is 2.45. The number of carbonyl (C=O) groups is 2. The Balaban J connectivity index is 1.65. The minimum absolute atomic E-state index is 0.0772. The second-order valence-electron chi connectivity index (χ2n) is 9.21. The van der Waals surface area contributed by atoms with Crippen molar-refractivity contribution in [1.82, 2.24) is 0 Å². The maximum Gasteiger partial charge on any atom is 0.338 e. The molecule has 0 aromatic heterocycles. The van der Waals surface area contributed by atoms with Crippen molar-refractivity contribution in [3.05, 3.63) is 121 Å². The van der Waals surface area contributed by atoms with E-state index >= 15 is 0 Å². The van der Waals surface area contributed by atoms with Crippen molar-refractivity contribution in [2.24, 2.45) is 0 Å². The Hall–Kier alpha value is -4.12. The van der Waals surface area contributed by atoms with Gasteiger partial charge >= 0.3 is 11.9 Å². The van der Waals surface area contributed by atoms with Crippen molar-refractivity contribution < 1.29 is 23.8 Å². The number of allylic oxidation sites excluding steroid dienone is 4. The Bertz CT molecular complexity index is 1190. The molecule has 2 aromatic rings. The van der Waals surface area contributed by atoms with E-state index in [2.05, 4.69) is 37.4 Å². The van der Waals surface area contributed by atoms with Crippen LogP contribution in [0.2, 0.25) is 0 Å². The fourth-order valence-corrected chi connectivity index (χ4v) is 4.33. The minimum Gasteiger partial charge on any atom is -0.465 e. The number of benzene rings is 2. The second kappa shape index (κ2) is 13.3. The van der Waals surface area contributed by atoms with Gasteiger partial charge in [-0.15, -0.1) is 0 Å². The van der Waals surface area contributed by atoms with Gasteiger partial charge in [-0.1, -0.05) is 68.8 Å². The van der Waals surface area contributed by atoms with Crippen LogP contribution in [0.5, 0.6) is 11.5 Å². The zero-order chi connectivity index (χ0) is 26.7. The highest BCUT2D eigenvalue weighted by molar-refractivity contribution is 5.88. The standard InChI is InChI=1S/C32H34O5/c1-24(2)30(33)36-23-11-6-5-10-22-35-28-16-12-26(13-17-28)32(20-8-7-9-21-32)27-14-18-29(19-15-27)37-31(34)25(3)4/h5-6,10-19,22-23H,1,3,7-9,20-21H2,2,4H3/b6-5+,22-10+,23-11+. The van der Waals surface area contributed by atoms with Gasteiger partial charge < -0.3 is 14.2 Å². The molecule has 0 heterocycles. The van der Waals surface area contributed by atoms with Gasteiger partial charge in [0.1, 0.15) is 11.5 Å². The Morgan fingerprint density at radius 2 is 1.22 bits per heavy atom. The van der Waals surface area contributed by atoms with E-state index in [1.54, 1.807) is 44.4 Å². The van der Waals surface area contributed by atoms with Gasteiger partial charge in [0, 0.05) is 16.6 Å². The number of hydrogen-bond acceptors (Lipinski definition) is 5. The van der Waals surface area contributed by atoms with Crippen molar-refractivity contribution in [3.8, 4) is 11.5 Å². The number of rotatable bonds is 10. The molecular formula is C32H34O5. The fraction of sp³-hybridized carbons (Fsp3) is 0.250. The molecule has 0 saturated heterocycles. The SMILES string of the molecule is C=C(C)C(=O)O/C=C/C=C/C=C/Oc1ccc(C2(c3ccc(OC(=O)C(=C)C)cc3)CCCCC2)cc1. The van der Waals surface area contributed by atoms with E-state index in [9.17, 15) is 9.59 Å². The third-order valence-corrected chi connectivity index (χ3v) is 6.30. The van der Waals surface area contributed by atoms with Crippen LogP contribution in [0.1, 0.15) is 57.1 Å². The van der Waals surface area contributed by atoms with Crippen molar-refractivity contribution in [2.45, 2.75) is 51.4 Å². The third kappa shape index (κ3) is 7.68. The maximum absolute atomic E-state index is 11.8. The second-order valence-corrected chi connectivity index (χ2v) is 9.21. The summed E-state index contributed by atoms with van der Waals surface area (Å²) in [4.78, 5) is 23.1. The molecule has 1 aliphatic carbocycles. The van der Waals surface area contributed by atoms with Gasteiger partial charge in [-0.05, 0) is 74.2 Å². The highest BCUT2D eigenvalue weighted by Gasteiger charge is 2.35. The lowest BCUT2D eigenvalue weighted by atomic mass is 9.65. The lowest BCUT2D eigenvalue weighted by Crippen LogP contribution is -2.30. The van der Waals surface area contributed by atoms with E-state index in [1.165, 1.54) is 36.7 Å². The topological polar surface area (TPSA) is 61.8 Å². The van der Waals surface area contributed by atoms with Gasteiger partial charge in [-0.2, -0.15) is 0 Å². The lowest BCUT2D eigenvalue weighted by Gasteiger charge is -2.38. The van der Waals surface area contributed by atoms with Crippen LogP contribution in [-0.4, -0.2) is 11.9 Å². The van der Waals surface area contributed by atoms with Crippen molar-refractivity contribution in [2.75, 3.05) is 0 Å². The number of esters is 2. The van der Waals surface area contributed by atoms with Crippen molar-refractivity contribution in [1.29, 1.82) is 0 Å². The zero-order valence-electron chi connectivity index (χ0n) is 21.6. The molecule has 0 bridgehead atoms. The molecule has 2 aromatic carbocycles. The van der Waals surface area contributed by atoms with Crippen LogP contribution in [0, 0.1) is 0 Å². The van der Waals surface area contributed by atoms with E-state index in [0.29, 0.717) is 16.9 Å². The molecule has 5 nitrogen and oxygen atoms in total. The van der Waals surface area contributed by atoms with Gasteiger partial charge in [0.25, 0.3) is 0 Å². The molecule has 1 fully saturated rings. The van der Waals surface area contributed by atoms with E-state index in [0.717, 1.165) is 18.6 Å². The predicted octanol–water partition coefficient (Wildman–Crippen LogP) is 7.50. The monoisotopic (exact) mass is 498 g/mol. The minimum atomic E-state index is -0.455. The normalized spacial score (nSPS) is 15.1. The molecule has 0 atom stereocenters. The Morgan fingerprint density at radius 1 is 0.703 bits per heavy atom. The van der Waals surface area contributed by atoms with Crippen LogP contribution in [0.25, 0.3) is 0 Å². The summed E-state index contributed by atoms with van der Waals surface area (Å²) in [5.74, 6) is 0.395. The molecule has 0 unspecified atom stereocenters. The molecule has 0 spiro atoms. The van der Waals surface area contributed by atoms with Crippen molar-refractivity contribution in [3.63, 3.8) is 0 Å². The van der Waals surface area contributed by atoms with Crippen molar-refractivity contribution >= 4 is 11.9 Å². The van der Waals surface area contributed by atoms with Crippen LogP contribution in [0.4, 0.5) is 0 Å². The van der Waals surface area contributed by atoms with E-state index < -0.39 is 11.9 Å². The summed E-state index contributed by atoms with van der Waals surface area (Å²) in [6.45, 7) is 10.4. The first kappa shape index (κ1) is 27.5. The van der Waals surface area contributed by atoms with Crippen LogP contribution in [0.3, 0.4) is 0 Å². The van der Waals surface area contributed by atoms with Crippen LogP contribution in [0.15, 0.2) is 110 Å². The quantitative estimate of drug-likeness (QED) is 0.112. The first-order chi connectivity index (χ1) is 17.8. The summed E-state index contributed by atoms with van der Waals surface area (Å²) in [7, 11) is 0. The Kier molecular flexibility index (Phi) is 9.84. The number of ether oxygens (including phenoxy) is 3. The summed E-state index contributed by atoms with van der Waals surface area (Å²) in [6.07, 6.45) is 15.5. The molecule has 37 heavy (non-hydrogen) atoms. The van der Waals surface area contributed by atoms with E-state index in [1.807, 2.05) is 24.3 Å². The molecular weight excluding hydrogens is 464 g/mol.